The average Bonchev–Trinajstić information content (AvgIpc) is 2.64. The van der Waals surface area contributed by atoms with E-state index in [9.17, 15) is 9.59 Å². The van der Waals surface area contributed by atoms with Crippen molar-refractivity contribution in [1.82, 2.24) is 10.6 Å². The molecule has 0 aromatic heterocycles. The van der Waals surface area contributed by atoms with Crippen molar-refractivity contribution in [3.8, 4) is 5.75 Å². The monoisotopic (exact) mass is 340 g/mol. The van der Waals surface area contributed by atoms with E-state index >= 15 is 0 Å². The summed E-state index contributed by atoms with van der Waals surface area (Å²) >= 11 is 0. The lowest BCUT2D eigenvalue weighted by Gasteiger charge is -2.12. The van der Waals surface area contributed by atoms with Crippen molar-refractivity contribution in [2.45, 2.75) is 19.8 Å². The number of ether oxygens (including phenoxy) is 1. The third-order valence-corrected chi connectivity index (χ3v) is 3.59. The Hall–Kier alpha value is -2.82. The van der Waals surface area contributed by atoms with E-state index in [1.54, 1.807) is 0 Å². The van der Waals surface area contributed by atoms with Crippen LogP contribution in [0.5, 0.6) is 5.75 Å². The summed E-state index contributed by atoms with van der Waals surface area (Å²) in [6.45, 7) is 2.43. The number of carbonyl (C=O) groups is 2. The quantitative estimate of drug-likeness (QED) is 0.736. The molecule has 0 bridgehead atoms. The minimum Gasteiger partial charge on any atom is -0.483 e. The van der Waals surface area contributed by atoms with Gasteiger partial charge in [0, 0.05) is 13.0 Å². The van der Waals surface area contributed by atoms with Crippen molar-refractivity contribution < 1.29 is 14.3 Å². The maximum Gasteiger partial charge on any atom is 0.258 e. The van der Waals surface area contributed by atoms with Crippen LogP contribution in [0.2, 0.25) is 0 Å². The highest BCUT2D eigenvalue weighted by Crippen LogP contribution is 2.21. The lowest BCUT2D eigenvalue weighted by molar-refractivity contribution is -0.127. The largest absolute Gasteiger partial charge is 0.483 e. The van der Waals surface area contributed by atoms with Crippen LogP contribution >= 0.6 is 0 Å². The Morgan fingerprint density at radius 2 is 1.64 bits per heavy atom. The summed E-state index contributed by atoms with van der Waals surface area (Å²) in [7, 11) is 0. The maximum absolute atomic E-state index is 11.8. The Morgan fingerprint density at radius 1 is 0.920 bits per heavy atom. The van der Waals surface area contributed by atoms with Gasteiger partial charge in [0.05, 0.1) is 6.54 Å². The van der Waals surface area contributed by atoms with Gasteiger partial charge in [-0.2, -0.15) is 0 Å². The van der Waals surface area contributed by atoms with Crippen LogP contribution in [-0.4, -0.2) is 31.5 Å². The lowest BCUT2D eigenvalue weighted by atomic mass is 10.0. The third-order valence-electron chi connectivity index (χ3n) is 3.59. The first kappa shape index (κ1) is 18.5. The zero-order valence-electron chi connectivity index (χ0n) is 14.5. The van der Waals surface area contributed by atoms with Gasteiger partial charge in [0.25, 0.3) is 5.91 Å². The van der Waals surface area contributed by atoms with Gasteiger partial charge in [-0.1, -0.05) is 55.5 Å². The van der Waals surface area contributed by atoms with Gasteiger partial charge in [-0.3, -0.25) is 9.59 Å². The second-order valence-corrected chi connectivity index (χ2v) is 5.69. The first-order chi connectivity index (χ1) is 12.2. The van der Waals surface area contributed by atoms with Crippen LogP contribution in [0.4, 0.5) is 0 Å². The molecule has 2 aromatic rings. The lowest BCUT2D eigenvalue weighted by Crippen LogP contribution is -2.39. The van der Waals surface area contributed by atoms with E-state index in [2.05, 4.69) is 22.8 Å². The van der Waals surface area contributed by atoms with Crippen LogP contribution in [0.15, 0.2) is 54.6 Å². The summed E-state index contributed by atoms with van der Waals surface area (Å²) < 4.78 is 5.64. The highest BCUT2D eigenvalue weighted by molar-refractivity contribution is 5.85. The van der Waals surface area contributed by atoms with Crippen molar-refractivity contribution in [1.29, 1.82) is 0 Å². The van der Waals surface area contributed by atoms with Crippen LogP contribution in [0.25, 0.3) is 0 Å². The fourth-order valence-corrected chi connectivity index (χ4v) is 2.31. The summed E-state index contributed by atoms with van der Waals surface area (Å²) in [5, 5.41) is 5.26. The van der Waals surface area contributed by atoms with Gasteiger partial charge in [-0.05, 0) is 23.6 Å². The SMILES string of the molecule is CCCNC(=O)CNC(=O)COc1ccccc1Cc1ccccc1. The molecule has 0 radical (unpaired) electrons. The molecule has 0 fully saturated rings. The number of hydrogen-bond donors (Lipinski definition) is 2. The first-order valence-electron chi connectivity index (χ1n) is 8.47. The Bertz CT molecular complexity index is 686. The van der Waals surface area contributed by atoms with E-state index in [0.29, 0.717) is 12.3 Å². The second-order valence-electron chi connectivity index (χ2n) is 5.69. The van der Waals surface area contributed by atoms with Crippen molar-refractivity contribution >= 4 is 11.8 Å². The molecule has 0 unspecified atom stereocenters. The number of rotatable bonds is 9. The molecule has 0 aliphatic rings. The van der Waals surface area contributed by atoms with E-state index in [4.69, 9.17) is 4.74 Å². The summed E-state index contributed by atoms with van der Waals surface area (Å²) in [6, 6.07) is 17.7. The molecule has 25 heavy (non-hydrogen) atoms. The number of carbonyl (C=O) groups excluding carboxylic acids is 2. The number of benzene rings is 2. The van der Waals surface area contributed by atoms with Gasteiger partial charge in [0.15, 0.2) is 6.61 Å². The number of nitrogens with one attached hydrogen (secondary N) is 2. The zero-order valence-corrected chi connectivity index (χ0v) is 14.5. The standard InChI is InChI=1S/C20H24N2O3/c1-2-12-21-19(23)14-22-20(24)15-25-18-11-7-6-10-17(18)13-16-8-4-3-5-9-16/h3-11H,2,12-15H2,1H3,(H,21,23)(H,22,24). The van der Waals surface area contributed by atoms with Gasteiger partial charge in [-0.25, -0.2) is 0 Å². The van der Waals surface area contributed by atoms with Crippen LogP contribution < -0.4 is 15.4 Å². The molecule has 0 aliphatic carbocycles. The molecule has 0 saturated heterocycles. The van der Waals surface area contributed by atoms with Crippen molar-refractivity contribution in [3.05, 3.63) is 65.7 Å². The molecule has 132 valence electrons. The number of hydrogen-bond acceptors (Lipinski definition) is 3. The Kier molecular flexibility index (Phi) is 7.50. The topological polar surface area (TPSA) is 67.4 Å². The molecule has 2 amide bonds. The molecule has 5 heteroatoms. The zero-order chi connectivity index (χ0) is 17.9. The van der Waals surface area contributed by atoms with Crippen LogP contribution in [0.1, 0.15) is 24.5 Å². The minimum absolute atomic E-state index is 0.0339. The Balaban J connectivity index is 1.84. The first-order valence-corrected chi connectivity index (χ1v) is 8.47. The molecular formula is C20H24N2O3. The number of para-hydroxylation sites is 1. The van der Waals surface area contributed by atoms with Gasteiger partial charge >= 0.3 is 0 Å². The Morgan fingerprint density at radius 3 is 2.40 bits per heavy atom. The van der Waals surface area contributed by atoms with E-state index in [-0.39, 0.29) is 25.0 Å². The molecule has 2 rings (SSSR count). The van der Waals surface area contributed by atoms with Crippen molar-refractivity contribution in [3.63, 3.8) is 0 Å². The predicted octanol–water partition coefficient (Wildman–Crippen LogP) is 2.30. The van der Waals surface area contributed by atoms with Crippen LogP contribution in [0.3, 0.4) is 0 Å². The van der Waals surface area contributed by atoms with Crippen LogP contribution in [0, 0.1) is 0 Å². The average molecular weight is 340 g/mol. The Labute approximate surface area is 148 Å². The summed E-state index contributed by atoms with van der Waals surface area (Å²) in [5.74, 6) is 0.165. The van der Waals surface area contributed by atoms with E-state index in [0.717, 1.165) is 18.4 Å². The fourth-order valence-electron chi connectivity index (χ4n) is 2.31. The smallest absolute Gasteiger partial charge is 0.258 e. The summed E-state index contributed by atoms with van der Waals surface area (Å²) in [5.41, 5.74) is 2.19. The predicted molar refractivity (Wildman–Crippen MR) is 97.5 cm³/mol. The molecule has 2 aromatic carbocycles. The fraction of sp³-hybridized carbons (Fsp3) is 0.300. The summed E-state index contributed by atoms with van der Waals surface area (Å²) in [4.78, 5) is 23.3. The second kappa shape index (κ2) is 10.1. The molecule has 0 saturated carbocycles. The molecule has 0 spiro atoms. The molecular weight excluding hydrogens is 316 g/mol. The maximum atomic E-state index is 11.8. The van der Waals surface area contributed by atoms with Gasteiger partial charge in [0.1, 0.15) is 5.75 Å². The highest BCUT2D eigenvalue weighted by atomic mass is 16.5. The molecule has 0 atom stereocenters. The van der Waals surface area contributed by atoms with E-state index < -0.39 is 0 Å². The van der Waals surface area contributed by atoms with E-state index in [1.165, 1.54) is 5.56 Å². The summed E-state index contributed by atoms with van der Waals surface area (Å²) in [6.07, 6.45) is 1.60. The normalized spacial score (nSPS) is 10.1. The third kappa shape index (κ3) is 6.67. The van der Waals surface area contributed by atoms with Gasteiger partial charge in [-0.15, -0.1) is 0 Å². The van der Waals surface area contributed by atoms with Crippen LogP contribution in [-0.2, 0) is 16.0 Å². The highest BCUT2D eigenvalue weighted by Gasteiger charge is 2.08. The van der Waals surface area contributed by atoms with E-state index in [1.807, 2.05) is 49.4 Å². The van der Waals surface area contributed by atoms with Crippen molar-refractivity contribution in [2.75, 3.05) is 19.7 Å². The molecule has 2 N–H and O–H groups in total. The molecule has 0 heterocycles. The molecule has 0 aliphatic heterocycles. The molecule has 5 nitrogen and oxygen atoms in total. The van der Waals surface area contributed by atoms with Crippen molar-refractivity contribution in [2.24, 2.45) is 0 Å². The van der Waals surface area contributed by atoms with Gasteiger partial charge < -0.3 is 15.4 Å². The number of amides is 2. The van der Waals surface area contributed by atoms with Gasteiger partial charge in [0.2, 0.25) is 5.91 Å². The minimum atomic E-state index is -0.318.